The number of halogens is 6. The summed E-state index contributed by atoms with van der Waals surface area (Å²) in [6.07, 6.45) is -8.52. The minimum absolute atomic E-state index is 0.00980. The van der Waals surface area contributed by atoms with Crippen molar-refractivity contribution in [1.82, 2.24) is 20.3 Å². The molecule has 0 radical (unpaired) electrons. The van der Waals surface area contributed by atoms with Crippen molar-refractivity contribution in [2.75, 3.05) is 0 Å². The van der Waals surface area contributed by atoms with Gasteiger partial charge in [-0.15, -0.1) is 5.10 Å². The van der Waals surface area contributed by atoms with E-state index in [1.165, 1.54) is 6.20 Å². The zero-order valence-electron chi connectivity index (χ0n) is 15.1. The molecule has 0 aliphatic heterocycles. The fraction of sp³-hybridized carbons (Fsp3) is 0.211. The highest BCUT2D eigenvalue weighted by Gasteiger charge is 2.36. The van der Waals surface area contributed by atoms with Gasteiger partial charge in [-0.3, -0.25) is 4.79 Å². The maximum atomic E-state index is 13.0. The maximum absolute atomic E-state index is 13.0. The molecule has 5 nitrogen and oxygen atoms in total. The number of hydrogen-bond acceptors (Lipinski definition) is 3. The highest BCUT2D eigenvalue weighted by Crippen LogP contribution is 2.36. The number of aromatic nitrogens is 3. The van der Waals surface area contributed by atoms with Crippen molar-refractivity contribution in [3.63, 3.8) is 0 Å². The molecular weight excluding hydrogens is 414 g/mol. The van der Waals surface area contributed by atoms with Crippen LogP contribution in [0.2, 0.25) is 0 Å². The molecule has 11 heteroatoms. The lowest BCUT2D eigenvalue weighted by Crippen LogP contribution is -2.22. The van der Waals surface area contributed by atoms with Crippen molar-refractivity contribution in [2.24, 2.45) is 0 Å². The summed E-state index contributed by atoms with van der Waals surface area (Å²) < 4.78 is 78.8. The first-order valence-corrected chi connectivity index (χ1v) is 8.53. The third-order valence-corrected chi connectivity index (χ3v) is 4.04. The Bertz CT molecular complexity index is 995. The van der Waals surface area contributed by atoms with Gasteiger partial charge in [0.25, 0.3) is 5.91 Å². The molecule has 1 aromatic heterocycles. The van der Waals surface area contributed by atoms with Crippen LogP contribution in [0.15, 0.2) is 54.7 Å². The monoisotopic (exact) mass is 428 g/mol. The molecule has 1 N–H and O–H groups in total. The number of nitrogens with one attached hydrogen (secondary N) is 1. The van der Waals surface area contributed by atoms with Crippen LogP contribution in [0.5, 0.6) is 0 Å². The number of hydrogen-bond donors (Lipinski definition) is 1. The van der Waals surface area contributed by atoms with Gasteiger partial charge in [0.1, 0.15) is 5.69 Å². The van der Waals surface area contributed by atoms with Crippen molar-refractivity contribution in [1.29, 1.82) is 0 Å². The third kappa shape index (κ3) is 5.37. The molecule has 158 valence electrons. The first-order valence-electron chi connectivity index (χ1n) is 8.53. The molecular formula is C19H14F6N4O. The lowest BCUT2D eigenvalue weighted by Gasteiger charge is -2.14. The second-order valence-corrected chi connectivity index (χ2v) is 6.37. The summed E-state index contributed by atoms with van der Waals surface area (Å²) in [5.41, 5.74) is -2.32. The Morgan fingerprint density at radius 2 is 1.53 bits per heavy atom. The molecule has 0 aliphatic carbocycles. The van der Waals surface area contributed by atoms with Crippen LogP contribution < -0.4 is 5.32 Å². The Balaban J connectivity index is 1.73. The summed E-state index contributed by atoms with van der Waals surface area (Å²) in [6, 6.07) is 9.68. The van der Waals surface area contributed by atoms with Crippen molar-refractivity contribution in [3.05, 3.63) is 82.7 Å². The fourth-order valence-electron chi connectivity index (χ4n) is 2.66. The molecule has 3 rings (SSSR count). The van der Waals surface area contributed by atoms with Crippen LogP contribution in [0.4, 0.5) is 26.3 Å². The zero-order chi connectivity index (χ0) is 21.9. The van der Waals surface area contributed by atoms with Gasteiger partial charge in [0.15, 0.2) is 0 Å². The van der Waals surface area contributed by atoms with Gasteiger partial charge in [-0.2, -0.15) is 26.3 Å². The highest BCUT2D eigenvalue weighted by atomic mass is 19.4. The zero-order valence-corrected chi connectivity index (χ0v) is 15.1. The normalized spacial score (nSPS) is 12.1. The Labute approximate surface area is 166 Å². The van der Waals surface area contributed by atoms with E-state index in [4.69, 9.17) is 0 Å². The van der Waals surface area contributed by atoms with Gasteiger partial charge in [-0.05, 0) is 35.9 Å². The van der Waals surface area contributed by atoms with Crippen molar-refractivity contribution in [3.8, 4) is 0 Å². The maximum Gasteiger partial charge on any atom is 0.416 e. The average molecular weight is 428 g/mol. The van der Waals surface area contributed by atoms with Gasteiger partial charge < -0.3 is 5.32 Å². The first kappa shape index (κ1) is 21.3. The summed E-state index contributed by atoms with van der Waals surface area (Å²) >= 11 is 0. The Hall–Kier alpha value is -3.37. The number of nitrogens with zero attached hydrogens (tertiary/aromatic N) is 3. The summed E-state index contributed by atoms with van der Waals surface area (Å²) in [5, 5.41) is 10.1. The number of amides is 1. The smallest absolute Gasteiger partial charge is 0.346 e. The molecule has 0 bridgehead atoms. The molecule has 1 heterocycles. The molecule has 1 amide bonds. The molecule has 2 aromatic carbocycles. The second kappa shape index (κ2) is 8.17. The van der Waals surface area contributed by atoms with E-state index >= 15 is 0 Å². The number of rotatable bonds is 5. The van der Waals surface area contributed by atoms with Gasteiger partial charge in [0.2, 0.25) is 0 Å². The second-order valence-electron chi connectivity index (χ2n) is 6.37. The van der Waals surface area contributed by atoms with E-state index in [1.807, 2.05) is 0 Å². The van der Waals surface area contributed by atoms with E-state index in [0.29, 0.717) is 23.4 Å². The van der Waals surface area contributed by atoms with Crippen molar-refractivity contribution < 1.29 is 31.1 Å². The molecule has 0 saturated carbocycles. The molecule has 0 saturated heterocycles. The van der Waals surface area contributed by atoms with Crippen molar-refractivity contribution in [2.45, 2.75) is 25.4 Å². The van der Waals surface area contributed by atoms with Crippen LogP contribution in [0.1, 0.15) is 32.7 Å². The Morgan fingerprint density at radius 3 is 2.10 bits per heavy atom. The van der Waals surface area contributed by atoms with Crippen LogP contribution >= 0.6 is 0 Å². The lowest BCUT2D eigenvalue weighted by molar-refractivity contribution is -0.143. The minimum atomic E-state index is -4.93. The number of carbonyl (C=O) groups is 1. The SMILES string of the molecule is O=C(NCc1cn(Cc2cc(C(F)(F)F)cc(C(F)(F)F)c2)nn1)c1ccccc1. The number of benzene rings is 2. The first-order chi connectivity index (χ1) is 14.0. The van der Waals surface area contributed by atoms with Crippen LogP contribution in [0, 0.1) is 0 Å². The van der Waals surface area contributed by atoms with Gasteiger partial charge in [0.05, 0.1) is 30.4 Å². The third-order valence-electron chi connectivity index (χ3n) is 4.04. The van der Waals surface area contributed by atoms with Gasteiger partial charge in [0, 0.05) is 5.56 Å². The van der Waals surface area contributed by atoms with Crippen LogP contribution in [0.25, 0.3) is 0 Å². The summed E-state index contributed by atoms with van der Waals surface area (Å²) in [7, 11) is 0. The Kier molecular flexibility index (Phi) is 5.81. The van der Waals surface area contributed by atoms with E-state index < -0.39 is 23.5 Å². The van der Waals surface area contributed by atoms with Gasteiger partial charge in [-0.25, -0.2) is 4.68 Å². The molecule has 0 spiro atoms. The quantitative estimate of drug-likeness (QED) is 0.617. The average Bonchev–Trinajstić information content (AvgIpc) is 3.12. The van der Waals surface area contributed by atoms with Gasteiger partial charge >= 0.3 is 12.4 Å². The summed E-state index contributed by atoms with van der Waals surface area (Å²) in [4.78, 5) is 12.0. The summed E-state index contributed by atoms with van der Waals surface area (Å²) in [5.74, 6) is -0.363. The number of alkyl halides is 6. The van der Waals surface area contributed by atoms with Crippen molar-refractivity contribution >= 4 is 5.91 Å². The van der Waals surface area contributed by atoms with Crippen LogP contribution in [-0.2, 0) is 25.4 Å². The molecule has 0 aliphatic rings. The highest BCUT2D eigenvalue weighted by molar-refractivity contribution is 5.94. The van der Waals surface area contributed by atoms with Crippen LogP contribution in [-0.4, -0.2) is 20.9 Å². The topological polar surface area (TPSA) is 59.8 Å². The summed E-state index contributed by atoms with van der Waals surface area (Å²) in [6.45, 7) is -0.364. The molecule has 0 unspecified atom stereocenters. The standard InChI is InChI=1S/C19H14F6N4O/c20-18(21,22)14-6-12(7-15(8-14)19(23,24)25)10-29-11-16(27-28-29)9-26-17(30)13-4-2-1-3-5-13/h1-8,11H,9-10H2,(H,26,30). The van der Waals surface area contributed by atoms with Gasteiger partial charge in [-0.1, -0.05) is 23.4 Å². The van der Waals surface area contributed by atoms with E-state index in [0.717, 1.165) is 4.68 Å². The molecule has 3 aromatic rings. The van der Waals surface area contributed by atoms with E-state index in [-0.39, 0.29) is 30.6 Å². The fourth-order valence-corrected chi connectivity index (χ4v) is 2.66. The molecule has 30 heavy (non-hydrogen) atoms. The predicted octanol–water partition coefficient (Wildman–Crippen LogP) is 4.29. The predicted molar refractivity (Wildman–Crippen MR) is 93.2 cm³/mol. The molecule has 0 fully saturated rings. The Morgan fingerprint density at radius 1 is 0.933 bits per heavy atom. The number of carbonyl (C=O) groups excluding carboxylic acids is 1. The van der Waals surface area contributed by atoms with Crippen LogP contribution in [0.3, 0.4) is 0 Å². The lowest BCUT2D eigenvalue weighted by atomic mass is 10.0. The molecule has 0 atom stereocenters. The minimum Gasteiger partial charge on any atom is -0.346 e. The van der Waals surface area contributed by atoms with E-state index in [9.17, 15) is 31.1 Å². The van der Waals surface area contributed by atoms with E-state index in [2.05, 4.69) is 15.6 Å². The largest absolute Gasteiger partial charge is 0.416 e. The van der Waals surface area contributed by atoms with E-state index in [1.54, 1.807) is 30.3 Å².